The van der Waals surface area contributed by atoms with Gasteiger partial charge in [-0.2, -0.15) is 0 Å². The van der Waals surface area contributed by atoms with E-state index >= 15 is 0 Å². The van der Waals surface area contributed by atoms with Crippen LogP contribution in [0.2, 0.25) is 0 Å². The highest BCUT2D eigenvalue weighted by Crippen LogP contribution is 2.27. The van der Waals surface area contributed by atoms with Crippen molar-refractivity contribution < 1.29 is 18.7 Å². The summed E-state index contributed by atoms with van der Waals surface area (Å²) in [5.74, 6) is 0.777. The molecule has 3 aromatic rings. The Morgan fingerprint density at radius 3 is 2.72 bits per heavy atom. The number of nitrogens with zero attached hydrogens (tertiary/aromatic N) is 4. The van der Waals surface area contributed by atoms with E-state index in [0.717, 1.165) is 11.1 Å². The van der Waals surface area contributed by atoms with E-state index in [0.29, 0.717) is 29.7 Å². The van der Waals surface area contributed by atoms with Crippen LogP contribution >= 0.6 is 11.8 Å². The van der Waals surface area contributed by atoms with Crippen LogP contribution in [0.1, 0.15) is 11.1 Å². The SMILES string of the molecule is COC(=O)[C@@H]1Cc2ccccc2CN1C(=O)CSc1nnc(-c2ccco2)n1C. The lowest BCUT2D eigenvalue weighted by molar-refractivity contribution is -0.153. The zero-order valence-electron chi connectivity index (χ0n) is 16.1. The minimum absolute atomic E-state index is 0.139. The quantitative estimate of drug-likeness (QED) is 0.469. The number of amides is 1. The van der Waals surface area contributed by atoms with E-state index in [4.69, 9.17) is 9.15 Å². The van der Waals surface area contributed by atoms with Gasteiger partial charge in [-0.1, -0.05) is 36.0 Å². The van der Waals surface area contributed by atoms with Crippen molar-refractivity contribution in [3.05, 3.63) is 53.8 Å². The Balaban J connectivity index is 1.49. The highest BCUT2D eigenvalue weighted by atomic mass is 32.2. The van der Waals surface area contributed by atoms with E-state index in [2.05, 4.69) is 10.2 Å². The summed E-state index contributed by atoms with van der Waals surface area (Å²) in [6.07, 6.45) is 2.02. The predicted molar refractivity (Wildman–Crippen MR) is 106 cm³/mol. The van der Waals surface area contributed by atoms with E-state index in [1.54, 1.807) is 27.9 Å². The summed E-state index contributed by atoms with van der Waals surface area (Å²) in [4.78, 5) is 26.9. The largest absolute Gasteiger partial charge is 0.467 e. The maximum Gasteiger partial charge on any atom is 0.328 e. The van der Waals surface area contributed by atoms with Crippen LogP contribution in [0.25, 0.3) is 11.6 Å². The number of furan rings is 1. The Hall–Kier alpha value is -3.07. The lowest BCUT2D eigenvalue weighted by Crippen LogP contribution is -2.49. The first kappa shape index (κ1) is 19.3. The number of rotatable bonds is 5. The molecule has 2 aromatic heterocycles. The molecule has 0 radical (unpaired) electrons. The van der Waals surface area contributed by atoms with Crippen molar-refractivity contribution in [2.24, 2.45) is 7.05 Å². The van der Waals surface area contributed by atoms with Crippen LogP contribution in [-0.2, 0) is 34.3 Å². The number of esters is 1. The van der Waals surface area contributed by atoms with Gasteiger partial charge in [0, 0.05) is 20.0 Å². The summed E-state index contributed by atoms with van der Waals surface area (Å²) in [5, 5.41) is 8.88. The fourth-order valence-corrected chi connectivity index (χ4v) is 4.20. The molecule has 0 N–H and O–H groups in total. The van der Waals surface area contributed by atoms with Gasteiger partial charge in [0.25, 0.3) is 0 Å². The number of hydrogen-bond acceptors (Lipinski definition) is 7. The first-order valence-electron chi connectivity index (χ1n) is 9.08. The molecule has 9 heteroatoms. The third-order valence-corrected chi connectivity index (χ3v) is 5.95. The number of carbonyl (C=O) groups excluding carboxylic acids is 2. The van der Waals surface area contributed by atoms with Crippen LogP contribution in [0.3, 0.4) is 0 Å². The molecule has 0 saturated heterocycles. The molecule has 1 amide bonds. The van der Waals surface area contributed by atoms with E-state index in [1.165, 1.54) is 18.9 Å². The minimum atomic E-state index is -0.624. The predicted octanol–water partition coefficient (Wildman–Crippen LogP) is 2.29. The number of carbonyl (C=O) groups is 2. The fourth-order valence-electron chi connectivity index (χ4n) is 3.40. The molecule has 0 saturated carbocycles. The maximum atomic E-state index is 13.0. The van der Waals surface area contributed by atoms with E-state index in [-0.39, 0.29) is 11.7 Å². The Kier molecular flexibility index (Phi) is 5.39. The zero-order valence-corrected chi connectivity index (χ0v) is 16.9. The van der Waals surface area contributed by atoms with E-state index in [9.17, 15) is 9.59 Å². The average molecular weight is 412 g/mol. The molecule has 0 fully saturated rings. The summed E-state index contributed by atoms with van der Waals surface area (Å²) >= 11 is 1.27. The van der Waals surface area contributed by atoms with Crippen molar-refractivity contribution in [1.82, 2.24) is 19.7 Å². The minimum Gasteiger partial charge on any atom is -0.467 e. The van der Waals surface area contributed by atoms with Crippen LogP contribution in [-0.4, -0.2) is 50.4 Å². The Bertz CT molecular complexity index is 1030. The van der Waals surface area contributed by atoms with Gasteiger partial charge in [0.15, 0.2) is 16.7 Å². The number of thioether (sulfide) groups is 1. The van der Waals surface area contributed by atoms with Crippen molar-refractivity contribution in [3.8, 4) is 11.6 Å². The second kappa shape index (κ2) is 8.12. The number of aromatic nitrogens is 3. The summed E-state index contributed by atoms with van der Waals surface area (Å²) in [5.41, 5.74) is 2.11. The molecule has 29 heavy (non-hydrogen) atoms. The van der Waals surface area contributed by atoms with Gasteiger partial charge in [0.05, 0.1) is 19.1 Å². The van der Waals surface area contributed by atoms with Crippen molar-refractivity contribution >= 4 is 23.6 Å². The lowest BCUT2D eigenvalue weighted by Gasteiger charge is -2.35. The number of benzene rings is 1. The molecule has 0 spiro atoms. The third kappa shape index (κ3) is 3.77. The molecule has 3 heterocycles. The standard InChI is InChI=1S/C20H20N4O4S/c1-23-18(16-8-5-9-28-16)21-22-20(23)29-12-17(25)24-11-14-7-4-3-6-13(14)10-15(24)19(26)27-2/h3-9,15H,10-12H2,1-2H3/t15-/m0/s1. The summed E-state index contributed by atoms with van der Waals surface area (Å²) in [6.45, 7) is 0.381. The molecule has 8 nitrogen and oxygen atoms in total. The molecule has 0 unspecified atom stereocenters. The van der Waals surface area contributed by atoms with Crippen LogP contribution in [0, 0.1) is 0 Å². The normalized spacial score (nSPS) is 15.8. The molecule has 1 aromatic carbocycles. The Morgan fingerprint density at radius 1 is 1.21 bits per heavy atom. The van der Waals surface area contributed by atoms with Gasteiger partial charge in [0.2, 0.25) is 5.91 Å². The smallest absolute Gasteiger partial charge is 0.328 e. The lowest BCUT2D eigenvalue weighted by atomic mass is 9.94. The highest BCUT2D eigenvalue weighted by molar-refractivity contribution is 7.99. The van der Waals surface area contributed by atoms with Gasteiger partial charge in [-0.3, -0.25) is 4.79 Å². The fraction of sp³-hybridized carbons (Fsp3) is 0.300. The second-order valence-electron chi connectivity index (χ2n) is 6.66. The van der Waals surface area contributed by atoms with Gasteiger partial charge in [-0.25, -0.2) is 4.79 Å². The van der Waals surface area contributed by atoms with Gasteiger partial charge in [-0.15, -0.1) is 10.2 Å². The first-order valence-corrected chi connectivity index (χ1v) is 10.1. The summed E-state index contributed by atoms with van der Waals surface area (Å²) < 4.78 is 12.1. The van der Waals surface area contributed by atoms with Crippen LogP contribution in [0.5, 0.6) is 0 Å². The van der Waals surface area contributed by atoms with Crippen LogP contribution in [0.4, 0.5) is 0 Å². The maximum absolute atomic E-state index is 13.0. The van der Waals surface area contributed by atoms with Crippen molar-refractivity contribution in [2.75, 3.05) is 12.9 Å². The summed E-state index contributed by atoms with van der Waals surface area (Å²) in [7, 11) is 3.16. The molecule has 150 valence electrons. The molecule has 0 aliphatic carbocycles. The number of fused-ring (bicyclic) bond motifs is 1. The van der Waals surface area contributed by atoms with Gasteiger partial charge >= 0.3 is 5.97 Å². The topological polar surface area (TPSA) is 90.5 Å². The molecule has 1 aliphatic heterocycles. The van der Waals surface area contributed by atoms with Gasteiger partial charge < -0.3 is 18.6 Å². The molecule has 1 aliphatic rings. The third-order valence-electron chi connectivity index (χ3n) is 4.94. The zero-order chi connectivity index (χ0) is 20.4. The second-order valence-corrected chi connectivity index (χ2v) is 7.61. The molecule has 0 bridgehead atoms. The molecule has 4 rings (SSSR count). The highest BCUT2D eigenvalue weighted by Gasteiger charge is 2.35. The average Bonchev–Trinajstić information content (AvgIpc) is 3.40. The van der Waals surface area contributed by atoms with Gasteiger partial charge in [-0.05, 0) is 23.3 Å². The number of methoxy groups -OCH3 is 1. The van der Waals surface area contributed by atoms with Gasteiger partial charge in [0.1, 0.15) is 6.04 Å². The Morgan fingerprint density at radius 2 is 2.00 bits per heavy atom. The van der Waals surface area contributed by atoms with Crippen LogP contribution < -0.4 is 0 Å². The van der Waals surface area contributed by atoms with Crippen LogP contribution in [0.15, 0.2) is 52.2 Å². The molecular formula is C20H20N4O4S. The van der Waals surface area contributed by atoms with Crippen molar-refractivity contribution in [2.45, 2.75) is 24.2 Å². The first-order chi connectivity index (χ1) is 14.1. The van der Waals surface area contributed by atoms with E-state index in [1.807, 2.05) is 31.3 Å². The number of hydrogen-bond donors (Lipinski definition) is 0. The number of ether oxygens (including phenoxy) is 1. The molecule has 1 atom stereocenters. The summed E-state index contributed by atoms with van der Waals surface area (Å²) in [6, 6.07) is 10.8. The van der Waals surface area contributed by atoms with Crippen molar-refractivity contribution in [1.29, 1.82) is 0 Å². The van der Waals surface area contributed by atoms with Crippen molar-refractivity contribution in [3.63, 3.8) is 0 Å². The van der Waals surface area contributed by atoms with E-state index < -0.39 is 12.0 Å². The monoisotopic (exact) mass is 412 g/mol. The Labute approximate surface area is 171 Å². The molecular weight excluding hydrogens is 392 g/mol.